The van der Waals surface area contributed by atoms with Gasteiger partial charge in [0.1, 0.15) is 0 Å². The van der Waals surface area contributed by atoms with Crippen LogP contribution in [0.1, 0.15) is 25.6 Å². The van der Waals surface area contributed by atoms with Gasteiger partial charge in [0.2, 0.25) is 0 Å². The van der Waals surface area contributed by atoms with Crippen molar-refractivity contribution in [3.63, 3.8) is 0 Å². The Kier molecular flexibility index (Phi) is 4.56. The summed E-state index contributed by atoms with van der Waals surface area (Å²) >= 11 is 0. The minimum Gasteiger partial charge on any atom is -0.481 e. The summed E-state index contributed by atoms with van der Waals surface area (Å²) < 4.78 is 25.4. The number of imidazole rings is 1. The fourth-order valence-electron chi connectivity index (χ4n) is 3.11. The summed E-state index contributed by atoms with van der Waals surface area (Å²) in [6.07, 6.45) is -2.16. The van der Waals surface area contributed by atoms with E-state index in [9.17, 15) is 23.5 Å². The van der Waals surface area contributed by atoms with E-state index >= 15 is 0 Å². The Morgan fingerprint density at radius 1 is 1.40 bits per heavy atom. The molecule has 1 aliphatic heterocycles. The van der Waals surface area contributed by atoms with Crippen molar-refractivity contribution in [3.8, 4) is 0 Å². The highest BCUT2D eigenvalue weighted by Gasteiger charge is 2.31. The van der Waals surface area contributed by atoms with E-state index in [2.05, 4.69) is 15.3 Å². The number of carbonyl (C=O) groups excluding carboxylic acids is 1. The number of likely N-dealkylation sites (tertiary alicyclic amines) is 1. The molecule has 2 heterocycles. The van der Waals surface area contributed by atoms with Crippen molar-refractivity contribution in [2.45, 2.75) is 19.8 Å². The number of fused-ring (bicyclic) bond motifs is 1. The Balaban J connectivity index is 1.73. The number of piperidine rings is 1. The van der Waals surface area contributed by atoms with Crippen LogP contribution >= 0.6 is 0 Å². The Morgan fingerprint density at radius 3 is 2.84 bits per heavy atom. The fourth-order valence-corrected chi connectivity index (χ4v) is 3.11. The van der Waals surface area contributed by atoms with E-state index in [1.807, 2.05) is 6.92 Å². The van der Waals surface area contributed by atoms with Gasteiger partial charge in [0.05, 0.1) is 17.0 Å². The molecule has 1 aromatic carbocycles. The average Bonchev–Trinajstić information content (AvgIpc) is 2.97. The summed E-state index contributed by atoms with van der Waals surface area (Å²) in [5.41, 5.74) is 1.20. The van der Waals surface area contributed by atoms with Gasteiger partial charge in [-0.1, -0.05) is 6.92 Å². The SMILES string of the molecule is CC1CC(C(=O)O)CN(C(=O)Nc2ccc3nc(C(F)F)[nH]c3c2)C1. The predicted molar refractivity (Wildman–Crippen MR) is 86.5 cm³/mol. The van der Waals surface area contributed by atoms with Crippen molar-refractivity contribution < 1.29 is 23.5 Å². The number of nitrogens with one attached hydrogen (secondary N) is 2. The smallest absolute Gasteiger partial charge is 0.321 e. The van der Waals surface area contributed by atoms with E-state index in [0.717, 1.165) is 0 Å². The minimum absolute atomic E-state index is 0.0873. The summed E-state index contributed by atoms with van der Waals surface area (Å²) in [4.78, 5) is 31.4. The molecule has 9 heteroatoms. The summed E-state index contributed by atoms with van der Waals surface area (Å²) in [7, 11) is 0. The van der Waals surface area contributed by atoms with Gasteiger partial charge in [-0.2, -0.15) is 0 Å². The number of benzene rings is 1. The van der Waals surface area contributed by atoms with Gasteiger partial charge in [-0.05, 0) is 30.5 Å². The maximum atomic E-state index is 12.7. The first-order valence-electron chi connectivity index (χ1n) is 7.90. The second-order valence-corrected chi connectivity index (χ2v) is 6.37. The van der Waals surface area contributed by atoms with E-state index in [0.29, 0.717) is 29.7 Å². The number of aliphatic carboxylic acids is 1. The number of urea groups is 1. The molecule has 1 saturated heterocycles. The Bertz CT molecular complexity index is 808. The molecule has 0 radical (unpaired) electrons. The van der Waals surface area contributed by atoms with Crippen LogP contribution < -0.4 is 5.32 Å². The standard InChI is InChI=1S/C16H18F2N4O3/c1-8-4-9(15(23)24)7-22(6-8)16(25)19-10-2-3-11-12(5-10)21-14(20-11)13(17)18/h2-3,5,8-9,13H,4,6-7H2,1H3,(H,19,25)(H,20,21)(H,23,24). The number of carbonyl (C=O) groups is 2. The lowest BCUT2D eigenvalue weighted by molar-refractivity contribution is -0.143. The van der Waals surface area contributed by atoms with Crippen molar-refractivity contribution in [2.75, 3.05) is 18.4 Å². The summed E-state index contributed by atoms with van der Waals surface area (Å²) in [6.45, 7) is 2.52. The molecule has 1 aliphatic rings. The number of carboxylic acids is 1. The van der Waals surface area contributed by atoms with E-state index < -0.39 is 30.2 Å². The third-order valence-electron chi connectivity index (χ3n) is 4.25. The molecule has 0 aliphatic carbocycles. The highest BCUT2D eigenvalue weighted by Crippen LogP contribution is 2.24. The molecule has 1 fully saturated rings. The average molecular weight is 352 g/mol. The van der Waals surface area contributed by atoms with Crippen LogP contribution in [0, 0.1) is 11.8 Å². The number of hydrogen-bond donors (Lipinski definition) is 3. The van der Waals surface area contributed by atoms with E-state index in [4.69, 9.17) is 0 Å². The normalized spacial score (nSPS) is 20.9. The van der Waals surface area contributed by atoms with Crippen LogP contribution in [0.2, 0.25) is 0 Å². The van der Waals surface area contributed by atoms with Crippen molar-refractivity contribution in [3.05, 3.63) is 24.0 Å². The molecule has 0 saturated carbocycles. The molecule has 2 unspecified atom stereocenters. The number of anilines is 1. The Labute approximate surface area is 142 Å². The number of nitrogens with zero attached hydrogens (tertiary/aromatic N) is 2. The molecule has 7 nitrogen and oxygen atoms in total. The van der Waals surface area contributed by atoms with Crippen LogP contribution in [0.5, 0.6) is 0 Å². The molecule has 2 aromatic rings. The molecule has 25 heavy (non-hydrogen) atoms. The maximum Gasteiger partial charge on any atom is 0.321 e. The molecule has 3 N–H and O–H groups in total. The molecule has 0 spiro atoms. The van der Waals surface area contributed by atoms with Gasteiger partial charge < -0.3 is 20.3 Å². The van der Waals surface area contributed by atoms with Gasteiger partial charge in [-0.25, -0.2) is 18.6 Å². The largest absolute Gasteiger partial charge is 0.481 e. The number of amides is 2. The number of aromatic nitrogens is 2. The zero-order chi connectivity index (χ0) is 18.1. The van der Waals surface area contributed by atoms with Crippen LogP contribution in [-0.4, -0.2) is 45.1 Å². The van der Waals surface area contributed by atoms with Crippen LogP contribution in [-0.2, 0) is 4.79 Å². The monoisotopic (exact) mass is 352 g/mol. The lowest BCUT2D eigenvalue weighted by Gasteiger charge is -2.34. The third-order valence-corrected chi connectivity index (χ3v) is 4.25. The molecule has 2 atom stereocenters. The second kappa shape index (κ2) is 6.66. The van der Waals surface area contributed by atoms with E-state index in [-0.39, 0.29) is 12.5 Å². The van der Waals surface area contributed by atoms with Crippen LogP contribution in [0.4, 0.5) is 19.3 Å². The maximum absolute atomic E-state index is 12.7. The third kappa shape index (κ3) is 3.70. The molecule has 3 rings (SSSR count). The van der Waals surface area contributed by atoms with Gasteiger partial charge in [-0.15, -0.1) is 0 Å². The quantitative estimate of drug-likeness (QED) is 0.790. The van der Waals surface area contributed by atoms with Gasteiger partial charge >= 0.3 is 12.0 Å². The highest BCUT2D eigenvalue weighted by atomic mass is 19.3. The van der Waals surface area contributed by atoms with Gasteiger partial charge in [-0.3, -0.25) is 4.79 Å². The second-order valence-electron chi connectivity index (χ2n) is 6.37. The topological polar surface area (TPSA) is 98.3 Å². The zero-order valence-electron chi connectivity index (χ0n) is 13.5. The number of aromatic amines is 1. The van der Waals surface area contributed by atoms with E-state index in [1.165, 1.54) is 17.0 Å². The van der Waals surface area contributed by atoms with Gasteiger partial charge in [0, 0.05) is 18.8 Å². The molecule has 0 bridgehead atoms. The summed E-state index contributed by atoms with van der Waals surface area (Å²) in [5, 5.41) is 11.9. The van der Waals surface area contributed by atoms with Crippen LogP contribution in [0.15, 0.2) is 18.2 Å². The first-order valence-corrected chi connectivity index (χ1v) is 7.90. The summed E-state index contributed by atoms with van der Waals surface area (Å²) in [5.74, 6) is -1.84. The van der Waals surface area contributed by atoms with Gasteiger partial charge in [0.15, 0.2) is 5.82 Å². The predicted octanol–water partition coefficient (Wildman–Crippen LogP) is 3.08. The number of hydrogen-bond acceptors (Lipinski definition) is 3. The molecule has 134 valence electrons. The van der Waals surface area contributed by atoms with Crippen molar-refractivity contribution in [1.82, 2.24) is 14.9 Å². The lowest BCUT2D eigenvalue weighted by Crippen LogP contribution is -2.47. The van der Waals surface area contributed by atoms with Crippen molar-refractivity contribution >= 4 is 28.7 Å². The number of halogens is 2. The minimum atomic E-state index is -2.70. The number of rotatable bonds is 3. The van der Waals surface area contributed by atoms with Crippen LogP contribution in [0.25, 0.3) is 11.0 Å². The molecular formula is C16H18F2N4O3. The van der Waals surface area contributed by atoms with Gasteiger partial charge in [0.25, 0.3) is 6.43 Å². The Morgan fingerprint density at radius 2 is 2.16 bits per heavy atom. The zero-order valence-corrected chi connectivity index (χ0v) is 13.5. The molecule has 2 amide bonds. The number of alkyl halides is 2. The lowest BCUT2D eigenvalue weighted by atomic mass is 9.91. The number of H-pyrrole nitrogens is 1. The molecule has 1 aromatic heterocycles. The number of carboxylic acid groups (broad SMARTS) is 1. The van der Waals surface area contributed by atoms with Crippen molar-refractivity contribution in [1.29, 1.82) is 0 Å². The fraction of sp³-hybridized carbons (Fsp3) is 0.438. The highest BCUT2D eigenvalue weighted by molar-refractivity contribution is 5.92. The first-order chi connectivity index (χ1) is 11.8. The van der Waals surface area contributed by atoms with Crippen LogP contribution in [0.3, 0.4) is 0 Å². The summed E-state index contributed by atoms with van der Waals surface area (Å²) in [6, 6.07) is 4.21. The first kappa shape index (κ1) is 17.1. The van der Waals surface area contributed by atoms with Crippen molar-refractivity contribution in [2.24, 2.45) is 11.8 Å². The van der Waals surface area contributed by atoms with E-state index in [1.54, 1.807) is 6.07 Å². The Hall–Kier alpha value is -2.71. The molecular weight excluding hydrogens is 334 g/mol.